The minimum Gasteiger partial charge on any atom is -0.493 e. The fourth-order valence-corrected chi connectivity index (χ4v) is 1.68. The molecular formula is C10H13NO2S. The van der Waals surface area contributed by atoms with Crippen molar-refractivity contribution in [2.45, 2.75) is 24.0 Å². The summed E-state index contributed by atoms with van der Waals surface area (Å²) < 4.78 is 11.0. The molecule has 0 radical (unpaired) electrons. The van der Waals surface area contributed by atoms with E-state index < -0.39 is 0 Å². The molecule has 76 valence electrons. The van der Waals surface area contributed by atoms with E-state index in [0.29, 0.717) is 6.10 Å². The van der Waals surface area contributed by atoms with Gasteiger partial charge in [-0.25, -0.2) is 4.98 Å². The van der Waals surface area contributed by atoms with Crippen LogP contribution in [0.15, 0.2) is 17.3 Å². The Labute approximate surface area is 87.8 Å². The number of hydrogen-bond donors (Lipinski definition) is 0. The van der Waals surface area contributed by atoms with Crippen LogP contribution in [0.1, 0.15) is 12.8 Å². The Hall–Kier alpha value is -0.900. The van der Waals surface area contributed by atoms with E-state index in [0.717, 1.165) is 29.4 Å². The van der Waals surface area contributed by atoms with Crippen LogP contribution in [0.25, 0.3) is 0 Å². The lowest BCUT2D eigenvalue weighted by Gasteiger charge is -2.11. The molecular weight excluding hydrogens is 198 g/mol. The van der Waals surface area contributed by atoms with Crippen molar-refractivity contribution >= 4 is 11.8 Å². The second-order valence-corrected chi connectivity index (χ2v) is 3.96. The molecule has 1 aromatic heterocycles. The third-order valence-corrected chi connectivity index (χ3v) is 2.74. The summed E-state index contributed by atoms with van der Waals surface area (Å²) in [4.78, 5) is 4.24. The molecule has 0 N–H and O–H groups in total. The first-order chi connectivity index (χ1) is 6.85. The van der Waals surface area contributed by atoms with Gasteiger partial charge in [0, 0.05) is 12.3 Å². The molecule has 14 heavy (non-hydrogen) atoms. The molecule has 2 rings (SSSR count). The van der Waals surface area contributed by atoms with E-state index in [1.54, 1.807) is 25.1 Å². The molecule has 0 atom stereocenters. The van der Waals surface area contributed by atoms with Crippen molar-refractivity contribution in [3.63, 3.8) is 0 Å². The highest BCUT2D eigenvalue weighted by Gasteiger charge is 2.26. The van der Waals surface area contributed by atoms with Gasteiger partial charge in [0.05, 0.1) is 13.2 Å². The van der Waals surface area contributed by atoms with Gasteiger partial charge in [0.25, 0.3) is 0 Å². The number of rotatable bonds is 4. The van der Waals surface area contributed by atoms with Gasteiger partial charge in [-0.05, 0) is 19.1 Å². The highest BCUT2D eigenvalue weighted by Crippen LogP contribution is 2.38. The molecule has 1 aromatic rings. The van der Waals surface area contributed by atoms with E-state index in [1.165, 1.54) is 0 Å². The summed E-state index contributed by atoms with van der Waals surface area (Å²) in [6.45, 7) is 0. The molecule has 0 unspecified atom stereocenters. The summed E-state index contributed by atoms with van der Waals surface area (Å²) in [5.41, 5.74) is 0. The smallest absolute Gasteiger partial charge is 0.193 e. The van der Waals surface area contributed by atoms with Crippen LogP contribution in [0.3, 0.4) is 0 Å². The molecule has 1 aliphatic carbocycles. The molecule has 1 saturated carbocycles. The zero-order valence-corrected chi connectivity index (χ0v) is 9.13. The molecule has 0 aromatic carbocycles. The first-order valence-corrected chi connectivity index (χ1v) is 5.81. The molecule has 1 heterocycles. The second-order valence-electron chi connectivity index (χ2n) is 3.17. The monoisotopic (exact) mass is 211 g/mol. The molecule has 1 fully saturated rings. The Morgan fingerprint density at radius 2 is 2.29 bits per heavy atom. The second kappa shape index (κ2) is 4.09. The minimum absolute atomic E-state index is 0.374. The van der Waals surface area contributed by atoms with E-state index in [4.69, 9.17) is 9.47 Å². The molecule has 0 bridgehead atoms. The van der Waals surface area contributed by atoms with Crippen molar-refractivity contribution in [1.29, 1.82) is 0 Å². The van der Waals surface area contributed by atoms with E-state index in [1.807, 2.05) is 12.3 Å². The Kier molecular flexibility index (Phi) is 2.82. The Morgan fingerprint density at radius 3 is 2.86 bits per heavy atom. The summed E-state index contributed by atoms with van der Waals surface area (Å²) in [7, 11) is 1.65. The lowest BCUT2D eigenvalue weighted by Crippen LogP contribution is -2.01. The van der Waals surface area contributed by atoms with Gasteiger partial charge in [-0.2, -0.15) is 0 Å². The Bertz CT molecular complexity index is 304. The molecule has 0 amide bonds. The Balaban J connectivity index is 2.29. The number of ether oxygens (including phenoxy) is 2. The van der Waals surface area contributed by atoms with Crippen LogP contribution in [0.4, 0.5) is 0 Å². The van der Waals surface area contributed by atoms with Crippen LogP contribution in [-0.4, -0.2) is 24.5 Å². The average molecular weight is 211 g/mol. The number of thioether (sulfide) groups is 1. The minimum atomic E-state index is 0.374. The van der Waals surface area contributed by atoms with Crippen LogP contribution < -0.4 is 9.47 Å². The van der Waals surface area contributed by atoms with Crippen LogP contribution in [-0.2, 0) is 0 Å². The van der Waals surface area contributed by atoms with Gasteiger partial charge < -0.3 is 9.47 Å². The molecule has 1 aliphatic rings. The topological polar surface area (TPSA) is 31.4 Å². The molecule has 0 saturated heterocycles. The summed E-state index contributed by atoms with van der Waals surface area (Å²) in [6.07, 6.45) is 6.39. The Morgan fingerprint density at radius 1 is 1.50 bits per heavy atom. The number of aromatic nitrogens is 1. The predicted octanol–water partition coefficient (Wildman–Crippen LogP) is 2.35. The first-order valence-electron chi connectivity index (χ1n) is 4.58. The summed E-state index contributed by atoms with van der Waals surface area (Å²) >= 11 is 1.58. The lowest BCUT2D eigenvalue weighted by molar-refractivity contribution is 0.272. The van der Waals surface area contributed by atoms with Crippen LogP contribution >= 0.6 is 11.8 Å². The quantitative estimate of drug-likeness (QED) is 0.715. The van der Waals surface area contributed by atoms with Crippen molar-refractivity contribution in [3.8, 4) is 11.5 Å². The maximum atomic E-state index is 5.76. The summed E-state index contributed by atoms with van der Waals surface area (Å²) in [6, 6.07) is 1.83. The van der Waals surface area contributed by atoms with Gasteiger partial charge in [0.1, 0.15) is 5.03 Å². The molecule has 0 aliphatic heterocycles. The molecule has 4 heteroatoms. The zero-order chi connectivity index (χ0) is 9.97. The van der Waals surface area contributed by atoms with Crippen molar-refractivity contribution in [2.24, 2.45) is 0 Å². The first kappa shape index (κ1) is 9.65. The third-order valence-electron chi connectivity index (χ3n) is 2.06. The van der Waals surface area contributed by atoms with E-state index in [2.05, 4.69) is 4.98 Å². The van der Waals surface area contributed by atoms with Gasteiger partial charge in [-0.1, -0.05) is 0 Å². The standard InChI is InChI=1S/C10H13NO2S/c1-12-8-5-6-11-10(14-2)9(8)13-7-3-4-7/h5-7H,3-4H2,1-2H3. The SMILES string of the molecule is COc1ccnc(SC)c1OC1CC1. The molecule has 0 spiro atoms. The largest absolute Gasteiger partial charge is 0.493 e. The maximum absolute atomic E-state index is 5.76. The fourth-order valence-electron chi connectivity index (χ4n) is 1.18. The predicted molar refractivity (Wildman–Crippen MR) is 56.2 cm³/mol. The highest BCUT2D eigenvalue weighted by molar-refractivity contribution is 7.98. The van der Waals surface area contributed by atoms with Gasteiger partial charge >= 0.3 is 0 Å². The van der Waals surface area contributed by atoms with Crippen LogP contribution in [0.5, 0.6) is 11.5 Å². The summed E-state index contributed by atoms with van der Waals surface area (Å²) in [5.74, 6) is 1.57. The maximum Gasteiger partial charge on any atom is 0.193 e. The van der Waals surface area contributed by atoms with Crippen molar-refractivity contribution < 1.29 is 9.47 Å². The van der Waals surface area contributed by atoms with Gasteiger partial charge in [-0.15, -0.1) is 11.8 Å². The van der Waals surface area contributed by atoms with Crippen molar-refractivity contribution in [2.75, 3.05) is 13.4 Å². The zero-order valence-electron chi connectivity index (χ0n) is 8.32. The summed E-state index contributed by atoms with van der Waals surface area (Å²) in [5, 5.41) is 0.899. The number of hydrogen-bond acceptors (Lipinski definition) is 4. The fraction of sp³-hybridized carbons (Fsp3) is 0.500. The average Bonchev–Trinajstić information content (AvgIpc) is 3.02. The lowest BCUT2D eigenvalue weighted by atomic mass is 10.4. The van der Waals surface area contributed by atoms with Gasteiger partial charge in [0.15, 0.2) is 11.5 Å². The number of pyridine rings is 1. The van der Waals surface area contributed by atoms with E-state index in [-0.39, 0.29) is 0 Å². The highest BCUT2D eigenvalue weighted by atomic mass is 32.2. The van der Waals surface area contributed by atoms with Gasteiger partial charge in [-0.3, -0.25) is 0 Å². The van der Waals surface area contributed by atoms with E-state index in [9.17, 15) is 0 Å². The number of nitrogens with zero attached hydrogens (tertiary/aromatic N) is 1. The van der Waals surface area contributed by atoms with Crippen LogP contribution in [0.2, 0.25) is 0 Å². The molecule has 3 nitrogen and oxygen atoms in total. The number of methoxy groups -OCH3 is 1. The van der Waals surface area contributed by atoms with Crippen molar-refractivity contribution in [3.05, 3.63) is 12.3 Å². The van der Waals surface area contributed by atoms with Crippen LogP contribution in [0, 0.1) is 0 Å². The normalized spacial score (nSPS) is 15.3. The third kappa shape index (κ3) is 1.95. The van der Waals surface area contributed by atoms with E-state index >= 15 is 0 Å². The van der Waals surface area contributed by atoms with Crippen molar-refractivity contribution in [1.82, 2.24) is 4.98 Å². The van der Waals surface area contributed by atoms with Gasteiger partial charge in [0.2, 0.25) is 0 Å².